The Morgan fingerprint density at radius 2 is 1.90 bits per heavy atom. The number of nitrogens with zero attached hydrogens (tertiary/aromatic N) is 3. The van der Waals surface area contributed by atoms with Gasteiger partial charge in [0, 0.05) is 37.4 Å². The number of hydrogen-bond acceptors (Lipinski definition) is 7. The Hall–Kier alpha value is -3.00. The van der Waals surface area contributed by atoms with Gasteiger partial charge in [0.2, 0.25) is 0 Å². The zero-order chi connectivity index (χ0) is 29.4. The number of alkyl halides is 3. The molecule has 14 heteroatoms. The molecular formula is C27H29ClF4N6O2S. The van der Waals surface area contributed by atoms with Crippen molar-refractivity contribution in [3.63, 3.8) is 0 Å². The van der Waals surface area contributed by atoms with E-state index in [1.165, 1.54) is 24.4 Å². The van der Waals surface area contributed by atoms with Gasteiger partial charge in [-0.05, 0) is 62.1 Å². The first kappa shape index (κ1) is 29.5. The number of rotatable bonds is 8. The third-order valence-corrected chi connectivity index (χ3v) is 9.52. The van der Waals surface area contributed by atoms with Crippen LogP contribution in [0.5, 0.6) is 0 Å². The lowest BCUT2D eigenvalue weighted by molar-refractivity contribution is -0.137. The Labute approximate surface area is 240 Å². The number of sulfonamides is 1. The van der Waals surface area contributed by atoms with Crippen LogP contribution in [-0.4, -0.2) is 61.5 Å². The minimum atomic E-state index is -4.42. The monoisotopic (exact) mass is 612 g/mol. The zero-order valence-electron chi connectivity index (χ0n) is 22.0. The fourth-order valence-corrected chi connectivity index (χ4v) is 6.84. The van der Waals surface area contributed by atoms with E-state index in [0.717, 1.165) is 37.6 Å². The fraction of sp³-hybridized carbons (Fsp3) is 0.407. The van der Waals surface area contributed by atoms with Crippen molar-refractivity contribution in [3.05, 3.63) is 77.0 Å². The molecule has 1 saturated heterocycles. The van der Waals surface area contributed by atoms with Crippen LogP contribution in [0, 0.1) is 5.82 Å². The van der Waals surface area contributed by atoms with Crippen LogP contribution in [0.2, 0.25) is 5.02 Å². The third-order valence-electron chi connectivity index (χ3n) is 7.83. The number of halogens is 5. The van der Waals surface area contributed by atoms with Gasteiger partial charge in [0.05, 0.1) is 16.3 Å². The van der Waals surface area contributed by atoms with Crippen molar-refractivity contribution < 1.29 is 26.0 Å². The summed E-state index contributed by atoms with van der Waals surface area (Å²) in [7, 11) is -2.34. The topological polar surface area (TPSA) is 99.2 Å². The summed E-state index contributed by atoms with van der Waals surface area (Å²) in [4.78, 5) is 9.10. The molecule has 3 aromatic rings. The molecule has 2 heterocycles. The lowest BCUT2D eigenvalue weighted by Crippen LogP contribution is -2.62. The smallest absolute Gasteiger partial charge is 0.379 e. The molecule has 1 aromatic heterocycles. The number of hydrogen-bond donors (Lipinski definition) is 3. The molecule has 1 saturated carbocycles. The van der Waals surface area contributed by atoms with Crippen molar-refractivity contribution in [1.82, 2.24) is 20.2 Å². The largest absolute Gasteiger partial charge is 0.416 e. The van der Waals surface area contributed by atoms with Gasteiger partial charge in [0.15, 0.2) is 0 Å². The zero-order valence-corrected chi connectivity index (χ0v) is 23.6. The van der Waals surface area contributed by atoms with Gasteiger partial charge in [0.1, 0.15) is 22.9 Å². The van der Waals surface area contributed by atoms with Gasteiger partial charge in [-0.15, -0.1) is 0 Å². The lowest BCUT2D eigenvalue weighted by atomic mass is 9.77. The maximum absolute atomic E-state index is 15.2. The predicted octanol–water partition coefficient (Wildman–Crippen LogP) is 5.11. The van der Waals surface area contributed by atoms with E-state index in [9.17, 15) is 21.6 Å². The lowest BCUT2D eigenvalue weighted by Gasteiger charge is -2.47. The predicted molar refractivity (Wildman–Crippen MR) is 148 cm³/mol. The molecule has 0 bridgehead atoms. The molecule has 1 aliphatic carbocycles. The fourth-order valence-electron chi connectivity index (χ4n) is 5.46. The quantitative estimate of drug-likeness (QED) is 0.304. The molecule has 1 aliphatic heterocycles. The molecule has 3 N–H and O–H groups in total. The minimum absolute atomic E-state index is 0.0150. The highest BCUT2D eigenvalue weighted by molar-refractivity contribution is 7.92. The molecular weight excluding hydrogens is 584 g/mol. The van der Waals surface area contributed by atoms with Crippen LogP contribution < -0.4 is 15.4 Å². The number of nitrogens with one attached hydrogen (secondary N) is 3. The maximum Gasteiger partial charge on any atom is 0.416 e. The number of anilines is 2. The molecule has 0 spiro atoms. The van der Waals surface area contributed by atoms with Crippen LogP contribution in [0.4, 0.5) is 29.1 Å². The van der Waals surface area contributed by atoms with Crippen molar-refractivity contribution in [2.45, 2.75) is 54.4 Å². The van der Waals surface area contributed by atoms with Crippen LogP contribution in [0.3, 0.4) is 0 Å². The van der Waals surface area contributed by atoms with E-state index in [-0.39, 0.29) is 40.6 Å². The van der Waals surface area contributed by atoms with Crippen molar-refractivity contribution in [2.24, 2.45) is 0 Å². The van der Waals surface area contributed by atoms with Crippen molar-refractivity contribution in [3.8, 4) is 0 Å². The van der Waals surface area contributed by atoms with Gasteiger partial charge in [0.25, 0.3) is 10.0 Å². The summed E-state index contributed by atoms with van der Waals surface area (Å²) in [6.45, 7) is 1.57. The molecule has 0 radical (unpaired) electrons. The SMILES string of the molecule is CN(C1CNC1)[C@H]1C[C@@H](c2cccc(C(F)(F)F)c2)CC[C@@H]1Nc1cc(F)c(S(=O)(=O)Nc2ccncn2)cc1Cl. The van der Waals surface area contributed by atoms with Crippen LogP contribution in [0.1, 0.15) is 36.3 Å². The third kappa shape index (κ3) is 6.58. The summed E-state index contributed by atoms with van der Waals surface area (Å²) in [5.74, 6) is -1.11. The van der Waals surface area contributed by atoms with E-state index in [1.807, 2.05) is 7.05 Å². The first-order chi connectivity index (χ1) is 19.4. The van der Waals surface area contributed by atoms with Crippen molar-refractivity contribution in [1.29, 1.82) is 0 Å². The Morgan fingerprint density at radius 3 is 2.56 bits per heavy atom. The highest BCUT2D eigenvalue weighted by Gasteiger charge is 2.39. The van der Waals surface area contributed by atoms with E-state index in [4.69, 9.17) is 11.6 Å². The van der Waals surface area contributed by atoms with Gasteiger partial charge in [-0.2, -0.15) is 13.2 Å². The average molecular weight is 613 g/mol. The molecule has 220 valence electrons. The standard InChI is InChI=1S/C27H29ClF4N6O2S/c1-38(19-13-34-14-19)24-10-17(16-3-2-4-18(9-16)27(30,31)32)5-6-22(24)36-23-12-21(29)25(11-20(23)28)41(39,40)37-26-7-8-33-15-35-26/h2-4,7-9,11-12,15,17,19,22,24,34,36H,5-6,10,13-14H2,1H3,(H,33,35,37)/t17-,22-,24-/m0/s1. The minimum Gasteiger partial charge on any atom is -0.379 e. The van der Waals surface area contributed by atoms with E-state index in [1.54, 1.807) is 6.07 Å². The second-order valence-corrected chi connectivity index (χ2v) is 12.4. The van der Waals surface area contributed by atoms with Crippen LogP contribution >= 0.6 is 11.6 Å². The summed E-state index contributed by atoms with van der Waals surface area (Å²) in [6.07, 6.45) is -0.140. The second-order valence-electron chi connectivity index (χ2n) is 10.4. The van der Waals surface area contributed by atoms with E-state index >= 15 is 4.39 Å². The Kier molecular flexibility index (Phi) is 8.42. The molecule has 0 amide bonds. The first-order valence-corrected chi connectivity index (χ1v) is 14.9. The highest BCUT2D eigenvalue weighted by atomic mass is 35.5. The summed E-state index contributed by atoms with van der Waals surface area (Å²) in [5, 5.41) is 6.56. The van der Waals surface area contributed by atoms with Crippen molar-refractivity contribution >= 4 is 33.1 Å². The van der Waals surface area contributed by atoms with Crippen LogP contribution in [0.15, 0.2) is 59.9 Å². The van der Waals surface area contributed by atoms with Gasteiger partial charge < -0.3 is 10.6 Å². The normalized spacial score (nSPS) is 21.9. The van der Waals surface area contributed by atoms with Crippen LogP contribution in [0.25, 0.3) is 0 Å². The maximum atomic E-state index is 15.2. The molecule has 41 heavy (non-hydrogen) atoms. The molecule has 5 rings (SSSR count). The summed E-state index contributed by atoms with van der Waals surface area (Å²) >= 11 is 6.47. The molecule has 3 atom stereocenters. The van der Waals surface area contributed by atoms with E-state index in [2.05, 4.69) is 30.2 Å². The summed E-state index contributed by atoms with van der Waals surface area (Å²) in [5.41, 5.74) is 0.200. The van der Waals surface area contributed by atoms with Crippen LogP contribution in [-0.2, 0) is 16.2 Å². The van der Waals surface area contributed by atoms with Gasteiger partial charge in [-0.3, -0.25) is 9.62 Å². The second kappa shape index (κ2) is 11.7. The Bertz CT molecular complexity index is 1490. The molecule has 2 aliphatic rings. The van der Waals surface area contributed by atoms with Gasteiger partial charge >= 0.3 is 6.18 Å². The van der Waals surface area contributed by atoms with E-state index < -0.39 is 32.5 Å². The first-order valence-electron chi connectivity index (χ1n) is 13.1. The average Bonchev–Trinajstić information content (AvgIpc) is 2.89. The summed E-state index contributed by atoms with van der Waals surface area (Å²) in [6, 6.07) is 8.84. The highest BCUT2D eigenvalue weighted by Crippen LogP contribution is 2.40. The number of benzene rings is 2. The number of aromatic nitrogens is 2. The number of likely N-dealkylation sites (N-methyl/N-ethyl adjacent to an activating group) is 1. The van der Waals surface area contributed by atoms with Crippen molar-refractivity contribution in [2.75, 3.05) is 30.2 Å². The van der Waals surface area contributed by atoms with Gasteiger partial charge in [-0.1, -0.05) is 29.8 Å². The Morgan fingerprint density at radius 1 is 1.12 bits per heavy atom. The Balaban J connectivity index is 1.37. The molecule has 2 fully saturated rings. The molecule has 8 nitrogen and oxygen atoms in total. The molecule has 2 aromatic carbocycles. The van der Waals surface area contributed by atoms with Gasteiger partial charge in [-0.25, -0.2) is 22.8 Å². The summed E-state index contributed by atoms with van der Waals surface area (Å²) < 4.78 is 83.1. The van der Waals surface area contributed by atoms with E-state index in [0.29, 0.717) is 24.8 Å². The molecule has 0 unspecified atom stereocenters.